The van der Waals surface area contributed by atoms with Crippen LogP contribution in [-0.2, 0) is 34.2 Å². The third-order valence-electron chi connectivity index (χ3n) is 4.61. The van der Waals surface area contributed by atoms with E-state index >= 15 is 0 Å². The number of hydrogen-bond donors (Lipinski definition) is 0. The zero-order chi connectivity index (χ0) is 19.8. The number of hydrogen-bond acceptors (Lipinski definition) is 4. The van der Waals surface area contributed by atoms with Crippen LogP contribution in [0.25, 0.3) is 6.08 Å². The molecule has 1 aromatic carbocycles. The Morgan fingerprint density at radius 1 is 1.25 bits per heavy atom. The van der Waals surface area contributed by atoms with E-state index in [4.69, 9.17) is 9.47 Å². The molecule has 28 heavy (non-hydrogen) atoms. The minimum Gasteiger partial charge on any atom is -0.504 e. The molecule has 1 atom stereocenters. The number of benzene rings is 1. The lowest BCUT2D eigenvalue weighted by Gasteiger charge is -2.19. The van der Waals surface area contributed by atoms with E-state index in [0.717, 1.165) is 18.5 Å². The highest BCUT2D eigenvalue weighted by molar-refractivity contribution is 5.86. The Labute approximate surface area is 166 Å². The molecule has 0 N–H and O–H groups in total. The summed E-state index contributed by atoms with van der Waals surface area (Å²) < 4.78 is 12.8. The summed E-state index contributed by atoms with van der Waals surface area (Å²) in [5.41, 5.74) is 4.39. The van der Waals surface area contributed by atoms with Gasteiger partial charge in [-0.25, -0.2) is 9.78 Å². The Bertz CT molecular complexity index is 893. The second kappa shape index (κ2) is 9.74. The normalized spacial score (nSPS) is 19.9. The average Bonchev–Trinajstić information content (AvgIpc) is 3.10. The van der Waals surface area contributed by atoms with Gasteiger partial charge in [0, 0.05) is 32.2 Å². The fraction of sp³-hybridized carbons (Fsp3) is 0.304. The number of carbonyl (C=O) groups is 1. The fourth-order valence-electron chi connectivity index (χ4n) is 3.28. The lowest BCUT2D eigenvalue weighted by molar-refractivity contribution is -0.142. The van der Waals surface area contributed by atoms with Crippen molar-refractivity contribution >= 4 is 12.0 Å². The van der Waals surface area contributed by atoms with E-state index in [9.17, 15) is 4.79 Å². The van der Waals surface area contributed by atoms with Gasteiger partial charge in [0.05, 0.1) is 25.4 Å². The molecule has 5 nitrogen and oxygen atoms in total. The van der Waals surface area contributed by atoms with Gasteiger partial charge in [0.25, 0.3) is 0 Å². The van der Waals surface area contributed by atoms with Gasteiger partial charge in [0.2, 0.25) is 0 Å². The first-order chi connectivity index (χ1) is 13.6. The van der Waals surface area contributed by atoms with Crippen molar-refractivity contribution in [3.05, 3.63) is 83.7 Å². The highest BCUT2D eigenvalue weighted by atomic mass is 16.5. The van der Waals surface area contributed by atoms with Gasteiger partial charge >= 0.3 is 5.97 Å². The number of methoxy groups -OCH3 is 1. The van der Waals surface area contributed by atoms with Crippen LogP contribution in [0, 0.1) is 0 Å². The van der Waals surface area contributed by atoms with Crippen LogP contribution in [0.4, 0.5) is 0 Å². The first-order valence-electron chi connectivity index (χ1n) is 9.43. The highest BCUT2D eigenvalue weighted by Crippen LogP contribution is 2.22. The molecule has 5 heteroatoms. The van der Waals surface area contributed by atoms with Crippen LogP contribution >= 0.6 is 0 Å². The molecule has 1 heterocycles. The van der Waals surface area contributed by atoms with Crippen molar-refractivity contribution in [3.8, 4) is 0 Å². The molecule has 0 saturated heterocycles. The lowest BCUT2D eigenvalue weighted by Crippen LogP contribution is -2.20. The Balaban J connectivity index is 1.72. The smallest absolute Gasteiger partial charge is 0.331 e. The molecule has 0 fully saturated rings. The van der Waals surface area contributed by atoms with Gasteiger partial charge in [0.15, 0.2) is 0 Å². The molecule has 0 amide bonds. The lowest BCUT2D eigenvalue weighted by atomic mass is 9.93. The third kappa shape index (κ3) is 5.71. The summed E-state index contributed by atoms with van der Waals surface area (Å²) in [6.07, 6.45) is 15.5. The van der Waals surface area contributed by atoms with Crippen molar-refractivity contribution < 1.29 is 14.3 Å². The monoisotopic (exact) mass is 378 g/mol. The number of imidazole rings is 1. The largest absolute Gasteiger partial charge is 0.504 e. The first-order valence-corrected chi connectivity index (χ1v) is 9.43. The summed E-state index contributed by atoms with van der Waals surface area (Å²) in [4.78, 5) is 16.5. The maximum absolute atomic E-state index is 12.3. The van der Waals surface area contributed by atoms with Crippen LogP contribution in [0.1, 0.15) is 29.7 Å². The van der Waals surface area contributed by atoms with Crippen LogP contribution in [0.15, 0.2) is 66.9 Å². The molecule has 0 bridgehead atoms. The zero-order valence-corrected chi connectivity index (χ0v) is 16.4. The molecule has 1 aliphatic rings. The number of allylic oxidation sites excluding steroid dienone is 2. The van der Waals surface area contributed by atoms with Crippen molar-refractivity contribution in [3.63, 3.8) is 0 Å². The number of aryl methyl sites for hydroxylation is 1. The van der Waals surface area contributed by atoms with Crippen molar-refractivity contribution in [2.24, 2.45) is 7.05 Å². The van der Waals surface area contributed by atoms with E-state index in [1.165, 1.54) is 22.8 Å². The number of aromatic nitrogens is 2. The standard InChI is InChI=1S/C23H26N2O3/c1-25-15-21(24-17-25)11-12-23(26)28-22-10-6-3-7-18(16-27-2)13-19-8-4-5-9-20(19)14-22/h3-6,8-9,11-12,15-17,22H,7,10,13-14H2,1-2H3/b6-3-,12-11+,18-16?. The SMILES string of the molecule is COC=C1C/C=C\CC(OC(=O)/C=C/c2cn(C)cn2)Cc2ccccc2C1. The minimum absolute atomic E-state index is 0.203. The van der Waals surface area contributed by atoms with Crippen molar-refractivity contribution in [1.82, 2.24) is 9.55 Å². The molecule has 146 valence electrons. The van der Waals surface area contributed by atoms with Crippen LogP contribution < -0.4 is 0 Å². The number of carbonyl (C=O) groups excluding carboxylic acids is 1. The summed E-state index contributed by atoms with van der Waals surface area (Å²) in [6.45, 7) is 0. The van der Waals surface area contributed by atoms with Gasteiger partial charge in [-0.1, -0.05) is 36.4 Å². The summed E-state index contributed by atoms with van der Waals surface area (Å²) in [5.74, 6) is -0.349. The zero-order valence-electron chi connectivity index (χ0n) is 16.4. The van der Waals surface area contributed by atoms with E-state index < -0.39 is 0 Å². The van der Waals surface area contributed by atoms with Gasteiger partial charge < -0.3 is 14.0 Å². The number of esters is 1. The van der Waals surface area contributed by atoms with Gasteiger partial charge in [-0.15, -0.1) is 0 Å². The maximum atomic E-state index is 12.3. The average molecular weight is 378 g/mol. The molecule has 0 aliphatic heterocycles. The molecule has 1 aromatic heterocycles. The second-order valence-corrected chi connectivity index (χ2v) is 6.93. The van der Waals surface area contributed by atoms with Crippen LogP contribution in [0.5, 0.6) is 0 Å². The van der Waals surface area contributed by atoms with Crippen molar-refractivity contribution in [2.45, 2.75) is 31.8 Å². The van der Waals surface area contributed by atoms with Crippen LogP contribution in [0.3, 0.4) is 0 Å². The first kappa shape index (κ1) is 19.7. The molecule has 1 unspecified atom stereocenters. The van der Waals surface area contributed by atoms with Crippen LogP contribution in [0.2, 0.25) is 0 Å². The molecule has 0 saturated carbocycles. The molecule has 3 rings (SSSR count). The fourth-order valence-corrected chi connectivity index (χ4v) is 3.28. The predicted molar refractivity (Wildman–Crippen MR) is 109 cm³/mol. The van der Waals surface area contributed by atoms with Crippen LogP contribution in [-0.4, -0.2) is 28.7 Å². The van der Waals surface area contributed by atoms with E-state index in [2.05, 4.69) is 29.3 Å². The predicted octanol–water partition coefficient (Wildman–Crippen LogP) is 4.01. The van der Waals surface area contributed by atoms with Crippen molar-refractivity contribution in [1.29, 1.82) is 0 Å². The van der Waals surface area contributed by atoms with Gasteiger partial charge in [0.1, 0.15) is 6.10 Å². The number of ether oxygens (including phenoxy) is 2. The third-order valence-corrected chi connectivity index (χ3v) is 4.61. The Hall–Kier alpha value is -3.08. The molecule has 0 radical (unpaired) electrons. The summed E-state index contributed by atoms with van der Waals surface area (Å²) in [6, 6.07) is 8.31. The molecular formula is C23H26N2O3. The van der Waals surface area contributed by atoms with E-state index in [0.29, 0.717) is 12.8 Å². The summed E-state index contributed by atoms with van der Waals surface area (Å²) in [5, 5.41) is 0. The number of fused-ring (bicyclic) bond motifs is 1. The van der Waals surface area contributed by atoms with E-state index in [1.807, 2.05) is 36.2 Å². The maximum Gasteiger partial charge on any atom is 0.331 e. The molecule has 0 spiro atoms. The van der Waals surface area contributed by atoms with Gasteiger partial charge in [-0.3, -0.25) is 0 Å². The number of nitrogens with zero attached hydrogens (tertiary/aromatic N) is 2. The van der Waals surface area contributed by atoms with E-state index in [-0.39, 0.29) is 12.1 Å². The minimum atomic E-state index is -0.349. The van der Waals surface area contributed by atoms with Crippen molar-refractivity contribution in [2.75, 3.05) is 7.11 Å². The summed E-state index contributed by atoms with van der Waals surface area (Å²) >= 11 is 0. The molecular weight excluding hydrogens is 352 g/mol. The Morgan fingerprint density at radius 2 is 2.07 bits per heavy atom. The summed E-state index contributed by atoms with van der Waals surface area (Å²) in [7, 11) is 3.56. The second-order valence-electron chi connectivity index (χ2n) is 6.93. The Morgan fingerprint density at radius 3 is 2.82 bits per heavy atom. The highest BCUT2D eigenvalue weighted by Gasteiger charge is 2.16. The molecule has 2 aromatic rings. The molecule has 1 aliphatic carbocycles. The number of rotatable bonds is 4. The van der Waals surface area contributed by atoms with E-state index in [1.54, 1.807) is 19.5 Å². The van der Waals surface area contributed by atoms with Gasteiger partial charge in [-0.2, -0.15) is 0 Å². The topological polar surface area (TPSA) is 53.4 Å². The van der Waals surface area contributed by atoms with Gasteiger partial charge in [-0.05, 0) is 35.6 Å². The quantitative estimate of drug-likeness (QED) is 0.349. The Kier molecular flexibility index (Phi) is 6.84.